The number of carbonyl (C=O) groups excluding carboxylic acids is 1. The molecule has 0 unspecified atom stereocenters. The summed E-state index contributed by atoms with van der Waals surface area (Å²) in [6.45, 7) is 3.26. The largest absolute Gasteiger partial charge is 0.457 e. The summed E-state index contributed by atoms with van der Waals surface area (Å²) < 4.78 is 59.0. The summed E-state index contributed by atoms with van der Waals surface area (Å²) in [4.78, 5) is 12.0. The minimum absolute atomic E-state index is 0.0557. The van der Waals surface area contributed by atoms with Crippen molar-refractivity contribution in [3.63, 3.8) is 0 Å². The van der Waals surface area contributed by atoms with Gasteiger partial charge in [-0.3, -0.25) is 0 Å². The van der Waals surface area contributed by atoms with Crippen molar-refractivity contribution in [2.24, 2.45) is 0 Å². The molecule has 0 amide bonds. The van der Waals surface area contributed by atoms with Crippen LogP contribution in [0.4, 0.5) is 8.78 Å². The Kier molecular flexibility index (Phi) is 6.91. The lowest BCUT2D eigenvalue weighted by atomic mass is 10.2. The van der Waals surface area contributed by atoms with E-state index in [4.69, 9.17) is 16.3 Å². The Morgan fingerprint density at radius 1 is 1.11 bits per heavy atom. The quantitative estimate of drug-likeness (QED) is 0.638. The van der Waals surface area contributed by atoms with Gasteiger partial charge in [0.25, 0.3) is 0 Å². The maximum absolute atomic E-state index is 14.0. The Labute approximate surface area is 161 Å². The molecule has 146 valence electrons. The number of rotatable bonds is 7. The zero-order chi connectivity index (χ0) is 20.2. The monoisotopic (exact) mass is 417 g/mol. The molecule has 2 aromatic carbocycles. The lowest BCUT2D eigenvalue weighted by molar-refractivity contribution is 0.0463. The van der Waals surface area contributed by atoms with Crippen LogP contribution in [0.5, 0.6) is 0 Å². The first-order valence-electron chi connectivity index (χ1n) is 8.12. The van der Waals surface area contributed by atoms with Gasteiger partial charge in [0, 0.05) is 18.7 Å². The van der Waals surface area contributed by atoms with Crippen molar-refractivity contribution in [1.29, 1.82) is 0 Å². The van der Waals surface area contributed by atoms with Crippen LogP contribution in [0.25, 0.3) is 0 Å². The highest BCUT2D eigenvalue weighted by Gasteiger charge is 2.25. The minimum Gasteiger partial charge on any atom is -0.457 e. The fraction of sp³-hybridized carbons (Fsp3) is 0.278. The van der Waals surface area contributed by atoms with Crippen molar-refractivity contribution < 1.29 is 26.7 Å². The maximum Gasteiger partial charge on any atom is 0.341 e. The average molecular weight is 418 g/mol. The van der Waals surface area contributed by atoms with Crippen LogP contribution in [-0.4, -0.2) is 31.8 Å². The molecule has 0 aromatic heterocycles. The maximum atomic E-state index is 14.0. The van der Waals surface area contributed by atoms with E-state index in [-0.39, 0.29) is 28.6 Å². The van der Waals surface area contributed by atoms with E-state index < -0.39 is 39.8 Å². The van der Waals surface area contributed by atoms with Crippen LogP contribution >= 0.6 is 11.6 Å². The molecule has 0 aliphatic rings. The topological polar surface area (TPSA) is 63.7 Å². The van der Waals surface area contributed by atoms with Crippen LogP contribution < -0.4 is 0 Å². The van der Waals surface area contributed by atoms with Crippen LogP contribution in [0.15, 0.2) is 41.3 Å². The normalized spacial score (nSPS) is 11.6. The number of nitrogens with zero attached hydrogens (tertiary/aromatic N) is 1. The molecule has 2 aromatic rings. The standard InChI is InChI=1S/C18H18ClF2NO4S/c1-3-22(4-2)27(24,25)12-8-9-17(21)13(10-12)18(23)26-11-14-15(19)6-5-7-16(14)20/h5-10H,3-4,11H2,1-2H3. The van der Waals surface area contributed by atoms with Crippen molar-refractivity contribution in [1.82, 2.24) is 4.31 Å². The van der Waals surface area contributed by atoms with Gasteiger partial charge in [0.15, 0.2) is 0 Å². The molecule has 0 N–H and O–H groups in total. The molecule has 0 saturated carbocycles. The number of hydrogen-bond acceptors (Lipinski definition) is 4. The first-order valence-corrected chi connectivity index (χ1v) is 9.93. The van der Waals surface area contributed by atoms with Crippen molar-refractivity contribution in [2.45, 2.75) is 25.3 Å². The molecule has 0 bridgehead atoms. The fourth-order valence-corrected chi connectivity index (χ4v) is 4.12. The lowest BCUT2D eigenvalue weighted by Crippen LogP contribution is -2.30. The second kappa shape index (κ2) is 8.77. The van der Waals surface area contributed by atoms with Crippen LogP contribution in [0.2, 0.25) is 5.02 Å². The highest BCUT2D eigenvalue weighted by molar-refractivity contribution is 7.89. The third-order valence-electron chi connectivity index (χ3n) is 3.91. The fourth-order valence-electron chi connectivity index (χ4n) is 2.42. The SMILES string of the molecule is CCN(CC)S(=O)(=O)c1ccc(F)c(C(=O)OCc2c(F)cccc2Cl)c1. The Hall–Kier alpha value is -2.03. The van der Waals surface area contributed by atoms with E-state index in [2.05, 4.69) is 0 Å². The number of esters is 1. The average Bonchev–Trinajstić information content (AvgIpc) is 2.62. The predicted molar refractivity (Wildman–Crippen MR) is 97.0 cm³/mol. The molecule has 0 spiro atoms. The van der Waals surface area contributed by atoms with Gasteiger partial charge in [-0.25, -0.2) is 22.0 Å². The number of carbonyl (C=O) groups is 1. The van der Waals surface area contributed by atoms with E-state index in [9.17, 15) is 22.0 Å². The number of ether oxygens (including phenoxy) is 1. The second-order valence-corrected chi connectivity index (χ2v) is 7.85. The minimum atomic E-state index is -3.88. The van der Waals surface area contributed by atoms with Gasteiger partial charge in [-0.15, -0.1) is 0 Å². The Balaban J connectivity index is 2.29. The first-order chi connectivity index (χ1) is 12.7. The number of benzene rings is 2. The second-order valence-electron chi connectivity index (χ2n) is 5.51. The molecule has 0 heterocycles. The van der Waals surface area contributed by atoms with Crippen molar-refractivity contribution >= 4 is 27.6 Å². The van der Waals surface area contributed by atoms with Crippen molar-refractivity contribution in [2.75, 3.05) is 13.1 Å². The molecule has 0 aliphatic heterocycles. The van der Waals surface area contributed by atoms with Crippen molar-refractivity contribution in [3.05, 3.63) is 64.2 Å². The van der Waals surface area contributed by atoms with Crippen LogP contribution in [-0.2, 0) is 21.4 Å². The van der Waals surface area contributed by atoms with E-state index in [1.165, 1.54) is 16.4 Å². The van der Waals surface area contributed by atoms with E-state index in [1.807, 2.05) is 0 Å². The molecule has 2 rings (SSSR count). The third kappa shape index (κ3) is 4.63. The van der Waals surface area contributed by atoms with Gasteiger partial charge in [0.05, 0.1) is 15.5 Å². The predicted octanol–water partition coefficient (Wildman–Crippen LogP) is 4.01. The first kappa shape index (κ1) is 21.3. The summed E-state index contributed by atoms with van der Waals surface area (Å²) in [6, 6.07) is 6.83. The summed E-state index contributed by atoms with van der Waals surface area (Å²) in [5.74, 6) is -2.74. The van der Waals surface area contributed by atoms with Gasteiger partial charge in [-0.05, 0) is 30.3 Å². The molecule has 0 atom stereocenters. The molecular formula is C18H18ClF2NO4S. The van der Waals surface area contributed by atoms with Gasteiger partial charge in [-0.2, -0.15) is 4.31 Å². The zero-order valence-electron chi connectivity index (χ0n) is 14.7. The van der Waals surface area contributed by atoms with Gasteiger partial charge in [0.1, 0.15) is 18.2 Å². The smallest absolute Gasteiger partial charge is 0.341 e. The molecule has 5 nitrogen and oxygen atoms in total. The molecular weight excluding hydrogens is 400 g/mol. The van der Waals surface area contributed by atoms with Crippen LogP contribution in [0, 0.1) is 11.6 Å². The summed E-state index contributed by atoms with van der Waals surface area (Å²) >= 11 is 5.85. The van der Waals surface area contributed by atoms with E-state index in [0.717, 1.165) is 24.3 Å². The van der Waals surface area contributed by atoms with Gasteiger partial charge >= 0.3 is 5.97 Å². The number of halogens is 3. The van der Waals surface area contributed by atoms with Gasteiger partial charge in [0.2, 0.25) is 10.0 Å². The van der Waals surface area contributed by atoms with Crippen LogP contribution in [0.3, 0.4) is 0 Å². The Morgan fingerprint density at radius 2 is 1.78 bits per heavy atom. The number of hydrogen-bond donors (Lipinski definition) is 0. The summed E-state index contributed by atoms with van der Waals surface area (Å²) in [7, 11) is -3.88. The van der Waals surface area contributed by atoms with E-state index >= 15 is 0 Å². The molecule has 0 radical (unpaired) electrons. The highest BCUT2D eigenvalue weighted by Crippen LogP contribution is 2.22. The number of sulfonamides is 1. The van der Waals surface area contributed by atoms with E-state index in [1.54, 1.807) is 13.8 Å². The highest BCUT2D eigenvalue weighted by atomic mass is 35.5. The van der Waals surface area contributed by atoms with E-state index in [0.29, 0.717) is 0 Å². The van der Waals surface area contributed by atoms with Gasteiger partial charge < -0.3 is 4.74 Å². The molecule has 0 aliphatic carbocycles. The molecule has 0 saturated heterocycles. The Morgan fingerprint density at radius 3 is 2.37 bits per heavy atom. The molecule has 9 heteroatoms. The summed E-state index contributed by atoms with van der Waals surface area (Å²) in [6.07, 6.45) is 0. The summed E-state index contributed by atoms with van der Waals surface area (Å²) in [5.41, 5.74) is -0.615. The summed E-state index contributed by atoms with van der Waals surface area (Å²) in [5, 5.41) is 0.0566. The lowest BCUT2D eigenvalue weighted by Gasteiger charge is -2.18. The Bertz CT molecular complexity index is 926. The zero-order valence-corrected chi connectivity index (χ0v) is 16.3. The van der Waals surface area contributed by atoms with Crippen molar-refractivity contribution in [3.8, 4) is 0 Å². The van der Waals surface area contributed by atoms with Crippen LogP contribution in [0.1, 0.15) is 29.8 Å². The van der Waals surface area contributed by atoms with Gasteiger partial charge in [-0.1, -0.05) is 31.5 Å². The third-order valence-corrected chi connectivity index (χ3v) is 6.31. The molecule has 0 fully saturated rings. The molecule has 27 heavy (non-hydrogen) atoms.